The molecule has 2 aromatic rings. The molecule has 3 rings (SSSR count). The molecule has 0 unspecified atom stereocenters. The topological polar surface area (TPSA) is 104 Å². The van der Waals surface area contributed by atoms with Crippen LogP contribution in [0, 0.1) is 17.6 Å². The third-order valence-corrected chi connectivity index (χ3v) is 5.75. The number of nitrogens with one attached hydrogen (secondary N) is 1. The molecule has 3 N–H and O–H groups in total. The standard InChI is InChI=1S/C21H20F5N3O4/c1-9-14(11-4-5-12(22)15(23)16(11)32-3)17(33-20(9,2)21(24,25)26)19(31)29-10-6-7-28-13(8-10)18(27)30/h4-9,14,17H,1-3H3,(H2,27,30)(H,28,29,31)/t9-,14+,17-,20-/m0/s1/i3D3. The highest BCUT2D eigenvalue weighted by atomic mass is 19.4. The van der Waals surface area contributed by atoms with Crippen molar-refractivity contribution in [1.82, 2.24) is 4.98 Å². The van der Waals surface area contributed by atoms with Crippen LogP contribution in [-0.4, -0.2) is 41.7 Å². The summed E-state index contributed by atoms with van der Waals surface area (Å²) >= 11 is 0. The molecule has 0 radical (unpaired) electrons. The molecular weight excluding hydrogens is 453 g/mol. The van der Waals surface area contributed by atoms with Gasteiger partial charge in [0.1, 0.15) is 11.8 Å². The molecule has 1 aromatic carbocycles. The summed E-state index contributed by atoms with van der Waals surface area (Å²) in [6.45, 7) is 1.75. The Bertz CT molecular complexity index is 1190. The first-order valence-corrected chi connectivity index (χ1v) is 9.44. The van der Waals surface area contributed by atoms with Gasteiger partial charge in [-0.05, 0) is 25.1 Å². The van der Waals surface area contributed by atoms with Crippen molar-refractivity contribution in [2.75, 3.05) is 12.4 Å². The first kappa shape index (κ1) is 20.3. The third-order valence-electron chi connectivity index (χ3n) is 5.75. The molecule has 0 bridgehead atoms. The van der Waals surface area contributed by atoms with Crippen molar-refractivity contribution >= 4 is 17.5 Å². The summed E-state index contributed by atoms with van der Waals surface area (Å²) in [5, 5.41) is 2.28. The van der Waals surface area contributed by atoms with Gasteiger partial charge in [-0.15, -0.1) is 0 Å². The number of carbonyl (C=O) groups is 2. The van der Waals surface area contributed by atoms with E-state index in [1.807, 2.05) is 0 Å². The van der Waals surface area contributed by atoms with Crippen LogP contribution >= 0.6 is 0 Å². The second-order valence-electron chi connectivity index (χ2n) is 7.62. The van der Waals surface area contributed by atoms with Crippen LogP contribution in [-0.2, 0) is 9.53 Å². The fourth-order valence-electron chi connectivity index (χ4n) is 3.79. The number of anilines is 1. The van der Waals surface area contributed by atoms with Gasteiger partial charge in [0.25, 0.3) is 11.8 Å². The first-order chi connectivity index (χ1) is 16.5. The molecular formula is C21H20F5N3O4. The molecule has 2 amide bonds. The van der Waals surface area contributed by atoms with Crippen LogP contribution in [0.2, 0.25) is 0 Å². The second-order valence-corrected chi connectivity index (χ2v) is 7.62. The molecule has 2 heterocycles. The van der Waals surface area contributed by atoms with Gasteiger partial charge in [-0.25, -0.2) is 4.39 Å². The molecule has 4 atom stereocenters. The van der Waals surface area contributed by atoms with Gasteiger partial charge in [-0.2, -0.15) is 17.6 Å². The maximum absolute atomic E-state index is 14.6. The van der Waals surface area contributed by atoms with E-state index in [4.69, 9.17) is 14.6 Å². The smallest absolute Gasteiger partial charge is 0.417 e. The Labute approximate surface area is 189 Å². The number of nitrogens with two attached hydrogens (primary N) is 1. The number of methoxy groups -OCH3 is 1. The van der Waals surface area contributed by atoms with Gasteiger partial charge in [0.05, 0.1) is 11.2 Å². The molecule has 0 aliphatic carbocycles. The number of carbonyl (C=O) groups excluding carboxylic acids is 2. The zero-order valence-electron chi connectivity index (χ0n) is 20.2. The minimum Gasteiger partial charge on any atom is -0.493 e. The molecule has 7 nitrogen and oxygen atoms in total. The highest BCUT2D eigenvalue weighted by molar-refractivity contribution is 5.97. The summed E-state index contributed by atoms with van der Waals surface area (Å²) in [5.41, 5.74) is 1.36. The van der Waals surface area contributed by atoms with E-state index in [0.717, 1.165) is 25.3 Å². The number of benzene rings is 1. The summed E-state index contributed by atoms with van der Waals surface area (Å²) in [4.78, 5) is 28.2. The summed E-state index contributed by atoms with van der Waals surface area (Å²) in [6, 6.07) is 3.70. The lowest BCUT2D eigenvalue weighted by Gasteiger charge is -2.32. The van der Waals surface area contributed by atoms with E-state index in [2.05, 4.69) is 15.0 Å². The predicted molar refractivity (Wildman–Crippen MR) is 106 cm³/mol. The van der Waals surface area contributed by atoms with Crippen LogP contribution in [0.25, 0.3) is 0 Å². The van der Waals surface area contributed by atoms with Gasteiger partial charge in [-0.1, -0.05) is 13.0 Å². The number of nitrogens with zero attached hydrogens (tertiary/aromatic N) is 1. The van der Waals surface area contributed by atoms with Crippen molar-refractivity contribution in [3.63, 3.8) is 0 Å². The molecule has 1 aromatic heterocycles. The molecule has 1 aliphatic heterocycles. The van der Waals surface area contributed by atoms with Crippen molar-refractivity contribution in [1.29, 1.82) is 0 Å². The molecule has 1 fully saturated rings. The van der Waals surface area contributed by atoms with Gasteiger partial charge >= 0.3 is 6.18 Å². The number of halogens is 5. The summed E-state index contributed by atoms with van der Waals surface area (Å²) < 4.78 is 102. The lowest BCUT2D eigenvalue weighted by molar-refractivity contribution is -0.272. The van der Waals surface area contributed by atoms with Crippen LogP contribution in [0.4, 0.5) is 27.6 Å². The van der Waals surface area contributed by atoms with Gasteiger partial charge in [0.2, 0.25) is 5.82 Å². The number of alkyl halides is 3. The minimum atomic E-state index is -5.01. The van der Waals surface area contributed by atoms with Gasteiger partial charge in [0.15, 0.2) is 17.2 Å². The van der Waals surface area contributed by atoms with Crippen LogP contribution in [0.15, 0.2) is 30.5 Å². The van der Waals surface area contributed by atoms with E-state index >= 15 is 0 Å². The Morgan fingerprint density at radius 1 is 1.30 bits per heavy atom. The average molecular weight is 476 g/mol. The molecule has 1 aliphatic rings. The number of primary amides is 1. The molecule has 0 saturated carbocycles. The Morgan fingerprint density at radius 3 is 2.61 bits per heavy atom. The summed E-state index contributed by atoms with van der Waals surface area (Å²) in [7, 11) is -3.29. The van der Waals surface area contributed by atoms with Gasteiger partial charge < -0.3 is 20.5 Å². The van der Waals surface area contributed by atoms with Crippen molar-refractivity contribution in [2.45, 2.75) is 37.6 Å². The Hall–Kier alpha value is -3.28. The number of rotatable bonds is 5. The first-order valence-electron chi connectivity index (χ1n) is 10.9. The largest absolute Gasteiger partial charge is 0.493 e. The van der Waals surface area contributed by atoms with Crippen molar-refractivity contribution in [2.24, 2.45) is 11.7 Å². The van der Waals surface area contributed by atoms with Crippen LogP contribution in [0.3, 0.4) is 0 Å². The summed E-state index contributed by atoms with van der Waals surface area (Å²) in [5.74, 6) is -9.76. The molecule has 0 spiro atoms. The Balaban J connectivity index is 2.12. The lowest BCUT2D eigenvalue weighted by atomic mass is 9.77. The molecule has 33 heavy (non-hydrogen) atoms. The number of pyridine rings is 1. The minimum absolute atomic E-state index is 0.0660. The SMILES string of the molecule is [2H]C([2H])([2H])Oc1c([C@@H]2[C@@H](C(=O)Nc3ccnc(C(N)=O)c3)O[C@](C)(C(F)(F)F)[C@H]2C)ccc(F)c1F. The van der Waals surface area contributed by atoms with E-state index < -0.39 is 71.5 Å². The van der Waals surface area contributed by atoms with E-state index in [9.17, 15) is 31.5 Å². The second kappa shape index (κ2) is 8.58. The molecule has 12 heteroatoms. The Kier molecular flexibility index (Phi) is 5.29. The fourth-order valence-corrected chi connectivity index (χ4v) is 3.79. The van der Waals surface area contributed by atoms with E-state index in [1.165, 1.54) is 6.07 Å². The normalized spacial score (nSPS) is 26.8. The zero-order chi connectivity index (χ0) is 27.2. The zero-order valence-corrected chi connectivity index (χ0v) is 17.2. The predicted octanol–water partition coefficient (Wildman–Crippen LogP) is 3.55. The van der Waals surface area contributed by atoms with E-state index in [1.54, 1.807) is 0 Å². The monoisotopic (exact) mass is 476 g/mol. The van der Waals surface area contributed by atoms with Crippen LogP contribution < -0.4 is 15.8 Å². The number of hydrogen-bond acceptors (Lipinski definition) is 5. The van der Waals surface area contributed by atoms with Crippen molar-refractivity contribution in [3.05, 3.63) is 53.4 Å². The maximum Gasteiger partial charge on any atom is 0.417 e. The van der Waals surface area contributed by atoms with Crippen molar-refractivity contribution in [3.8, 4) is 5.75 Å². The average Bonchev–Trinajstić information content (AvgIpc) is 3.03. The lowest BCUT2D eigenvalue weighted by Crippen LogP contribution is -2.47. The van der Waals surface area contributed by atoms with Crippen LogP contribution in [0.5, 0.6) is 5.75 Å². The fraction of sp³-hybridized carbons (Fsp3) is 0.381. The van der Waals surface area contributed by atoms with Crippen LogP contribution in [0.1, 0.15) is 39.9 Å². The number of amides is 2. The van der Waals surface area contributed by atoms with E-state index in [0.29, 0.717) is 13.0 Å². The van der Waals surface area contributed by atoms with E-state index in [-0.39, 0.29) is 11.4 Å². The molecule has 1 saturated heterocycles. The molecule has 178 valence electrons. The van der Waals surface area contributed by atoms with Crippen molar-refractivity contribution < 1.29 is 45.1 Å². The highest BCUT2D eigenvalue weighted by Crippen LogP contribution is 2.55. The number of ether oxygens (including phenoxy) is 2. The van der Waals surface area contributed by atoms with Gasteiger partial charge in [-0.3, -0.25) is 14.6 Å². The Morgan fingerprint density at radius 2 is 2.00 bits per heavy atom. The number of aromatic nitrogens is 1. The quantitative estimate of drug-likeness (QED) is 0.643. The third kappa shape index (κ3) is 4.22. The number of hydrogen-bond donors (Lipinski definition) is 2. The maximum atomic E-state index is 14.6. The highest BCUT2D eigenvalue weighted by Gasteiger charge is 2.65. The van der Waals surface area contributed by atoms with Gasteiger partial charge in [0, 0.05) is 29.3 Å². The summed E-state index contributed by atoms with van der Waals surface area (Å²) in [6.07, 6.45) is -5.87.